The van der Waals surface area contributed by atoms with Crippen molar-refractivity contribution >= 4 is 32.5 Å². The number of nitrogens with one attached hydrogen (secondary N) is 1. The number of nitrogens with zero attached hydrogens (tertiary/aromatic N) is 3. The SMILES string of the molecule is CCc1ccc(-c2cc(C(=O)Nc3ccc(F)c(F)c3)c3c(C)nn(C4CCS(=O)(=O)C4)c3n2)cc1. The van der Waals surface area contributed by atoms with E-state index in [-0.39, 0.29) is 22.8 Å². The number of sulfone groups is 1. The van der Waals surface area contributed by atoms with Crippen molar-refractivity contribution in [2.45, 2.75) is 32.7 Å². The van der Waals surface area contributed by atoms with Gasteiger partial charge in [-0.05, 0) is 43.5 Å². The molecule has 186 valence electrons. The average molecular weight is 511 g/mol. The Kier molecular flexibility index (Phi) is 6.07. The summed E-state index contributed by atoms with van der Waals surface area (Å²) in [4.78, 5) is 18.2. The minimum Gasteiger partial charge on any atom is -0.322 e. The van der Waals surface area contributed by atoms with Crippen LogP contribution in [0.2, 0.25) is 0 Å². The molecule has 0 bridgehead atoms. The van der Waals surface area contributed by atoms with Crippen molar-refractivity contribution in [2.24, 2.45) is 0 Å². The number of carbonyl (C=O) groups is 1. The van der Waals surface area contributed by atoms with Crippen molar-refractivity contribution in [3.05, 3.63) is 77.0 Å². The summed E-state index contributed by atoms with van der Waals surface area (Å²) in [5, 5.41) is 7.68. The van der Waals surface area contributed by atoms with E-state index in [4.69, 9.17) is 4.98 Å². The number of pyridine rings is 1. The summed E-state index contributed by atoms with van der Waals surface area (Å²) in [6.07, 6.45) is 1.28. The lowest BCUT2D eigenvalue weighted by molar-refractivity contribution is 0.102. The lowest BCUT2D eigenvalue weighted by atomic mass is 10.0. The number of halogens is 2. The fourth-order valence-electron chi connectivity index (χ4n) is 4.55. The zero-order valence-corrected chi connectivity index (χ0v) is 20.6. The van der Waals surface area contributed by atoms with Crippen LogP contribution in [0.25, 0.3) is 22.3 Å². The van der Waals surface area contributed by atoms with Crippen molar-refractivity contribution in [3.63, 3.8) is 0 Å². The van der Waals surface area contributed by atoms with Gasteiger partial charge in [-0.3, -0.25) is 4.79 Å². The molecule has 1 N–H and O–H groups in total. The predicted octanol–water partition coefficient (Wildman–Crippen LogP) is 4.86. The molecule has 2 aromatic heterocycles. The molecule has 1 aliphatic heterocycles. The number of amides is 1. The zero-order valence-electron chi connectivity index (χ0n) is 19.8. The maximum Gasteiger partial charge on any atom is 0.256 e. The molecule has 0 spiro atoms. The quantitative estimate of drug-likeness (QED) is 0.414. The van der Waals surface area contributed by atoms with Gasteiger partial charge in [0.2, 0.25) is 0 Å². The van der Waals surface area contributed by atoms with Crippen LogP contribution in [0, 0.1) is 18.6 Å². The molecule has 1 amide bonds. The number of benzene rings is 2. The molecule has 0 aliphatic carbocycles. The van der Waals surface area contributed by atoms with Crippen LogP contribution >= 0.6 is 0 Å². The molecule has 1 aliphatic rings. The van der Waals surface area contributed by atoms with Crippen LogP contribution in [0.5, 0.6) is 0 Å². The Labute approximate surface area is 207 Å². The van der Waals surface area contributed by atoms with Gasteiger partial charge in [-0.1, -0.05) is 31.2 Å². The highest BCUT2D eigenvalue weighted by Gasteiger charge is 2.32. The van der Waals surface area contributed by atoms with E-state index >= 15 is 0 Å². The summed E-state index contributed by atoms with van der Waals surface area (Å²) in [7, 11) is -3.18. The van der Waals surface area contributed by atoms with Gasteiger partial charge >= 0.3 is 0 Å². The highest BCUT2D eigenvalue weighted by molar-refractivity contribution is 7.91. The number of rotatable bonds is 5. The van der Waals surface area contributed by atoms with Gasteiger partial charge in [-0.25, -0.2) is 26.9 Å². The highest BCUT2D eigenvalue weighted by atomic mass is 32.2. The van der Waals surface area contributed by atoms with E-state index in [2.05, 4.69) is 17.3 Å². The molecule has 3 heterocycles. The Morgan fingerprint density at radius 1 is 1.11 bits per heavy atom. The van der Waals surface area contributed by atoms with E-state index in [9.17, 15) is 22.0 Å². The summed E-state index contributed by atoms with van der Waals surface area (Å²) in [6, 6.07) is 12.2. The normalized spacial score (nSPS) is 16.9. The summed E-state index contributed by atoms with van der Waals surface area (Å²) >= 11 is 0. The molecule has 10 heteroatoms. The molecule has 1 fully saturated rings. The molecule has 5 rings (SSSR count). The first-order valence-electron chi connectivity index (χ1n) is 11.6. The topological polar surface area (TPSA) is 94.0 Å². The Balaban J connectivity index is 1.66. The van der Waals surface area contributed by atoms with E-state index in [1.807, 2.05) is 24.3 Å². The third-order valence-electron chi connectivity index (χ3n) is 6.47. The highest BCUT2D eigenvalue weighted by Crippen LogP contribution is 2.32. The number of aryl methyl sites for hydroxylation is 2. The summed E-state index contributed by atoms with van der Waals surface area (Å²) < 4.78 is 53.0. The average Bonchev–Trinajstić information content (AvgIpc) is 3.39. The first-order valence-corrected chi connectivity index (χ1v) is 13.4. The second kappa shape index (κ2) is 9.09. The van der Waals surface area contributed by atoms with Crippen molar-refractivity contribution in [1.82, 2.24) is 14.8 Å². The second-order valence-electron chi connectivity index (χ2n) is 8.97. The van der Waals surface area contributed by atoms with Gasteiger partial charge < -0.3 is 5.32 Å². The van der Waals surface area contributed by atoms with Gasteiger partial charge in [0.25, 0.3) is 5.91 Å². The van der Waals surface area contributed by atoms with E-state index in [0.29, 0.717) is 28.8 Å². The first-order chi connectivity index (χ1) is 17.1. The lowest BCUT2D eigenvalue weighted by Gasteiger charge is -2.13. The molecule has 7 nitrogen and oxygen atoms in total. The Hall–Kier alpha value is -3.66. The molecule has 1 atom stereocenters. The van der Waals surface area contributed by atoms with Crippen LogP contribution in [0.1, 0.15) is 41.0 Å². The van der Waals surface area contributed by atoms with Gasteiger partial charge in [0.05, 0.1) is 39.9 Å². The van der Waals surface area contributed by atoms with Crippen molar-refractivity contribution in [1.29, 1.82) is 0 Å². The van der Waals surface area contributed by atoms with E-state index in [1.165, 1.54) is 6.07 Å². The summed E-state index contributed by atoms with van der Waals surface area (Å²) in [5.41, 5.74) is 3.72. The Morgan fingerprint density at radius 2 is 1.86 bits per heavy atom. The van der Waals surface area contributed by atoms with E-state index in [1.54, 1.807) is 17.7 Å². The summed E-state index contributed by atoms with van der Waals surface area (Å²) in [5.74, 6) is -2.60. The molecule has 0 saturated carbocycles. The molecular formula is C26H24F2N4O3S. The minimum absolute atomic E-state index is 0.0449. The van der Waals surface area contributed by atoms with Crippen molar-refractivity contribution < 1.29 is 22.0 Å². The smallest absolute Gasteiger partial charge is 0.256 e. The van der Waals surface area contributed by atoms with Gasteiger partial charge in [0, 0.05) is 17.3 Å². The van der Waals surface area contributed by atoms with Gasteiger partial charge in [-0.2, -0.15) is 5.10 Å². The third-order valence-corrected chi connectivity index (χ3v) is 8.22. The predicted molar refractivity (Wildman–Crippen MR) is 134 cm³/mol. The van der Waals surface area contributed by atoms with Crippen LogP contribution in [0.15, 0.2) is 48.5 Å². The number of fused-ring (bicyclic) bond motifs is 1. The monoisotopic (exact) mass is 510 g/mol. The van der Waals surface area contributed by atoms with Crippen LogP contribution in [-0.4, -0.2) is 40.6 Å². The molecule has 1 saturated heterocycles. The fraction of sp³-hybridized carbons (Fsp3) is 0.269. The van der Waals surface area contributed by atoms with Gasteiger partial charge in [0.15, 0.2) is 27.1 Å². The van der Waals surface area contributed by atoms with Crippen LogP contribution < -0.4 is 5.32 Å². The number of hydrogen-bond donors (Lipinski definition) is 1. The first kappa shape index (κ1) is 24.1. The molecule has 2 aromatic carbocycles. The standard InChI is InChI=1S/C26H24F2N4O3S/c1-3-16-4-6-17(7-5-16)23-13-20(26(33)29-18-8-9-21(27)22(28)12-18)24-15(2)31-32(25(24)30-23)19-10-11-36(34,35)14-19/h4-9,12-13,19H,3,10-11,14H2,1-2H3,(H,29,33). The minimum atomic E-state index is -3.18. The largest absolute Gasteiger partial charge is 0.322 e. The molecule has 36 heavy (non-hydrogen) atoms. The molecule has 1 unspecified atom stereocenters. The lowest BCUT2D eigenvalue weighted by Crippen LogP contribution is -2.15. The maximum absolute atomic E-state index is 13.7. The van der Waals surface area contributed by atoms with Gasteiger partial charge in [-0.15, -0.1) is 0 Å². The summed E-state index contributed by atoms with van der Waals surface area (Å²) in [6.45, 7) is 3.78. The third kappa shape index (κ3) is 4.48. The second-order valence-corrected chi connectivity index (χ2v) is 11.2. The molecule has 4 aromatic rings. The molecule has 0 radical (unpaired) electrons. The van der Waals surface area contributed by atoms with Crippen molar-refractivity contribution in [3.8, 4) is 11.3 Å². The number of anilines is 1. The zero-order chi connectivity index (χ0) is 25.6. The van der Waals surface area contributed by atoms with Crippen LogP contribution in [0.4, 0.5) is 14.5 Å². The fourth-order valence-corrected chi connectivity index (χ4v) is 6.24. The Morgan fingerprint density at radius 3 is 2.50 bits per heavy atom. The van der Waals surface area contributed by atoms with Crippen LogP contribution in [0.3, 0.4) is 0 Å². The Bertz CT molecular complexity index is 1600. The maximum atomic E-state index is 13.7. The van der Waals surface area contributed by atoms with E-state index < -0.39 is 33.4 Å². The van der Waals surface area contributed by atoms with Gasteiger partial charge in [0.1, 0.15) is 0 Å². The number of aromatic nitrogens is 3. The number of carbonyl (C=O) groups excluding carboxylic acids is 1. The number of hydrogen-bond acceptors (Lipinski definition) is 5. The van der Waals surface area contributed by atoms with Crippen LogP contribution in [-0.2, 0) is 16.3 Å². The van der Waals surface area contributed by atoms with E-state index in [0.717, 1.165) is 29.7 Å². The van der Waals surface area contributed by atoms with Crippen molar-refractivity contribution in [2.75, 3.05) is 16.8 Å². The molecular weight excluding hydrogens is 486 g/mol.